The molecule has 9 heteroatoms. The minimum Gasteiger partial charge on any atom is -0.281 e. The van der Waals surface area contributed by atoms with Gasteiger partial charge in [-0.15, -0.1) is 0 Å². The SMILES string of the molecule is Cc1ccc(Cl)cc1-n1ncc2c(NNC(=O)c3cccc(Cl)c3)ncnc21. The van der Waals surface area contributed by atoms with Crippen LogP contribution in [0.25, 0.3) is 16.7 Å². The highest BCUT2D eigenvalue weighted by molar-refractivity contribution is 6.31. The lowest BCUT2D eigenvalue weighted by atomic mass is 10.2. The summed E-state index contributed by atoms with van der Waals surface area (Å²) in [5, 5.41) is 6.14. The first-order chi connectivity index (χ1) is 13.5. The highest BCUT2D eigenvalue weighted by Gasteiger charge is 2.14. The van der Waals surface area contributed by atoms with E-state index in [0.29, 0.717) is 32.5 Å². The molecule has 0 unspecified atom stereocenters. The van der Waals surface area contributed by atoms with Crippen molar-refractivity contribution in [2.45, 2.75) is 6.92 Å². The molecule has 2 N–H and O–H groups in total. The van der Waals surface area contributed by atoms with Gasteiger partial charge in [0.1, 0.15) is 6.33 Å². The van der Waals surface area contributed by atoms with Crippen LogP contribution in [-0.4, -0.2) is 25.7 Å². The fourth-order valence-electron chi connectivity index (χ4n) is 2.75. The zero-order valence-corrected chi connectivity index (χ0v) is 16.2. The molecule has 140 valence electrons. The van der Waals surface area contributed by atoms with Gasteiger partial charge in [-0.2, -0.15) is 5.10 Å². The van der Waals surface area contributed by atoms with Crippen molar-refractivity contribution in [1.82, 2.24) is 25.2 Å². The Balaban J connectivity index is 1.64. The van der Waals surface area contributed by atoms with Crippen molar-refractivity contribution in [3.8, 4) is 5.69 Å². The Kier molecular flexibility index (Phi) is 4.85. The molecule has 2 heterocycles. The largest absolute Gasteiger partial charge is 0.281 e. The lowest BCUT2D eigenvalue weighted by Crippen LogP contribution is -2.29. The number of benzene rings is 2. The third-order valence-electron chi connectivity index (χ3n) is 4.15. The summed E-state index contributed by atoms with van der Waals surface area (Å²) >= 11 is 12.1. The number of aromatic nitrogens is 4. The maximum atomic E-state index is 12.3. The molecule has 2 aromatic heterocycles. The third-order valence-corrected chi connectivity index (χ3v) is 4.62. The molecule has 28 heavy (non-hydrogen) atoms. The van der Waals surface area contributed by atoms with E-state index in [-0.39, 0.29) is 5.91 Å². The first kappa shape index (κ1) is 18.2. The monoisotopic (exact) mass is 412 g/mol. The second-order valence-corrected chi connectivity index (χ2v) is 6.91. The highest BCUT2D eigenvalue weighted by atomic mass is 35.5. The first-order valence-corrected chi connectivity index (χ1v) is 9.06. The molecule has 0 aliphatic heterocycles. The van der Waals surface area contributed by atoms with E-state index in [1.54, 1.807) is 35.1 Å². The zero-order valence-electron chi connectivity index (χ0n) is 14.6. The van der Waals surface area contributed by atoms with Crippen LogP contribution < -0.4 is 10.9 Å². The molecule has 0 atom stereocenters. The van der Waals surface area contributed by atoms with Crippen LogP contribution in [0.4, 0.5) is 5.82 Å². The zero-order chi connectivity index (χ0) is 19.7. The predicted molar refractivity (Wildman–Crippen MR) is 109 cm³/mol. The number of anilines is 1. The normalized spacial score (nSPS) is 10.8. The number of hydrazine groups is 1. The molecule has 0 saturated carbocycles. The average molecular weight is 413 g/mol. The van der Waals surface area contributed by atoms with Gasteiger partial charge in [-0.1, -0.05) is 35.3 Å². The molecule has 0 aliphatic rings. The molecule has 0 fully saturated rings. The van der Waals surface area contributed by atoms with E-state index in [4.69, 9.17) is 23.2 Å². The number of carbonyl (C=O) groups excluding carboxylic acids is 1. The number of hydrogen-bond donors (Lipinski definition) is 2. The number of nitrogens with one attached hydrogen (secondary N) is 2. The number of nitrogens with zero attached hydrogens (tertiary/aromatic N) is 4. The number of amides is 1. The quantitative estimate of drug-likeness (QED) is 0.490. The standard InChI is InChI=1S/C19H14Cl2N6O/c1-11-5-6-14(21)8-16(11)27-18-15(9-24-27)17(22-10-23-18)25-26-19(28)12-3-2-4-13(20)7-12/h2-10H,1H3,(H,26,28)(H,22,23,25). The number of rotatable bonds is 4. The van der Waals surface area contributed by atoms with Crippen molar-refractivity contribution >= 4 is 46.0 Å². The van der Waals surface area contributed by atoms with Gasteiger partial charge >= 0.3 is 0 Å². The van der Waals surface area contributed by atoms with Crippen molar-refractivity contribution in [3.63, 3.8) is 0 Å². The van der Waals surface area contributed by atoms with E-state index in [9.17, 15) is 4.79 Å². The molecular weight excluding hydrogens is 399 g/mol. The summed E-state index contributed by atoms with van der Waals surface area (Å²) < 4.78 is 1.68. The van der Waals surface area contributed by atoms with Gasteiger partial charge in [-0.3, -0.25) is 15.6 Å². The number of hydrogen-bond acceptors (Lipinski definition) is 5. The van der Waals surface area contributed by atoms with Crippen LogP contribution in [0.2, 0.25) is 10.0 Å². The summed E-state index contributed by atoms with van der Waals surface area (Å²) in [5.74, 6) is 0.0821. The summed E-state index contributed by atoms with van der Waals surface area (Å²) in [7, 11) is 0. The second-order valence-electron chi connectivity index (χ2n) is 6.04. The summed E-state index contributed by atoms with van der Waals surface area (Å²) in [5.41, 5.74) is 8.25. The van der Waals surface area contributed by atoms with Crippen LogP contribution in [-0.2, 0) is 0 Å². The molecule has 1 amide bonds. The Bertz CT molecular complexity index is 1190. The van der Waals surface area contributed by atoms with Gasteiger partial charge in [0.05, 0.1) is 17.3 Å². The van der Waals surface area contributed by atoms with E-state index in [1.807, 2.05) is 25.1 Å². The maximum absolute atomic E-state index is 12.3. The van der Waals surface area contributed by atoms with Gasteiger partial charge in [-0.25, -0.2) is 14.6 Å². The van der Waals surface area contributed by atoms with Crippen LogP contribution in [0, 0.1) is 6.92 Å². The Morgan fingerprint density at radius 3 is 2.71 bits per heavy atom. The van der Waals surface area contributed by atoms with E-state index < -0.39 is 0 Å². The van der Waals surface area contributed by atoms with Gasteiger partial charge in [0.25, 0.3) is 5.91 Å². The summed E-state index contributed by atoms with van der Waals surface area (Å²) in [6.07, 6.45) is 3.03. The van der Waals surface area contributed by atoms with Crippen molar-refractivity contribution in [2.75, 3.05) is 5.43 Å². The van der Waals surface area contributed by atoms with E-state index in [2.05, 4.69) is 25.9 Å². The van der Waals surface area contributed by atoms with Gasteiger partial charge in [0.15, 0.2) is 11.5 Å². The second kappa shape index (κ2) is 7.46. The molecule has 0 saturated heterocycles. The number of fused-ring (bicyclic) bond motifs is 1. The minimum atomic E-state index is -0.340. The van der Waals surface area contributed by atoms with Crippen molar-refractivity contribution < 1.29 is 4.79 Å². The fourth-order valence-corrected chi connectivity index (χ4v) is 3.11. The molecule has 0 bridgehead atoms. The van der Waals surface area contributed by atoms with Crippen molar-refractivity contribution in [2.24, 2.45) is 0 Å². The molecule has 4 aromatic rings. The minimum absolute atomic E-state index is 0.340. The van der Waals surface area contributed by atoms with E-state index in [0.717, 1.165) is 11.3 Å². The first-order valence-electron chi connectivity index (χ1n) is 8.30. The molecule has 0 spiro atoms. The van der Waals surface area contributed by atoms with E-state index in [1.165, 1.54) is 6.33 Å². The highest BCUT2D eigenvalue weighted by Crippen LogP contribution is 2.25. The number of carbonyl (C=O) groups is 1. The topological polar surface area (TPSA) is 84.7 Å². The Morgan fingerprint density at radius 2 is 1.89 bits per heavy atom. The van der Waals surface area contributed by atoms with Gasteiger partial charge in [-0.05, 0) is 42.8 Å². The average Bonchev–Trinajstić information content (AvgIpc) is 3.12. The Hall–Kier alpha value is -3.16. The molecule has 4 rings (SSSR count). The lowest BCUT2D eigenvalue weighted by molar-refractivity contribution is 0.0962. The van der Waals surface area contributed by atoms with Gasteiger partial charge in [0.2, 0.25) is 0 Å². The molecule has 0 radical (unpaired) electrons. The molecule has 2 aromatic carbocycles. The van der Waals surface area contributed by atoms with Crippen LogP contribution in [0.5, 0.6) is 0 Å². The van der Waals surface area contributed by atoms with Crippen LogP contribution in [0.3, 0.4) is 0 Å². The summed E-state index contributed by atoms with van der Waals surface area (Å²) in [6, 6.07) is 12.2. The summed E-state index contributed by atoms with van der Waals surface area (Å²) in [4.78, 5) is 20.8. The van der Waals surface area contributed by atoms with Crippen LogP contribution in [0.15, 0.2) is 55.0 Å². The van der Waals surface area contributed by atoms with Crippen LogP contribution in [0.1, 0.15) is 15.9 Å². The van der Waals surface area contributed by atoms with Crippen molar-refractivity contribution in [1.29, 1.82) is 0 Å². The number of halogens is 2. The lowest BCUT2D eigenvalue weighted by Gasteiger charge is -2.10. The van der Waals surface area contributed by atoms with Gasteiger partial charge in [0, 0.05) is 15.6 Å². The van der Waals surface area contributed by atoms with Crippen molar-refractivity contribution in [3.05, 3.63) is 76.2 Å². The summed E-state index contributed by atoms with van der Waals surface area (Å²) in [6.45, 7) is 1.96. The smallest absolute Gasteiger partial charge is 0.269 e. The third kappa shape index (κ3) is 3.49. The molecule has 0 aliphatic carbocycles. The van der Waals surface area contributed by atoms with Gasteiger partial charge < -0.3 is 0 Å². The molecule has 7 nitrogen and oxygen atoms in total. The Morgan fingerprint density at radius 1 is 1.07 bits per heavy atom. The van der Waals surface area contributed by atoms with Crippen LogP contribution >= 0.6 is 23.2 Å². The maximum Gasteiger partial charge on any atom is 0.269 e. The Labute approximate surface area is 170 Å². The fraction of sp³-hybridized carbons (Fsp3) is 0.0526. The predicted octanol–water partition coefficient (Wildman–Crippen LogP) is 4.19. The molecular formula is C19H14Cl2N6O. The number of aryl methyl sites for hydroxylation is 1. The van der Waals surface area contributed by atoms with E-state index >= 15 is 0 Å².